The molecule has 110 valence electrons. The minimum Gasteiger partial charge on any atom is -0.375 e. The van der Waals surface area contributed by atoms with Crippen molar-refractivity contribution in [1.29, 1.82) is 0 Å². The molecule has 2 fully saturated rings. The fourth-order valence-electron chi connectivity index (χ4n) is 3.87. The molecule has 1 aromatic carbocycles. The maximum Gasteiger partial charge on any atom is 0.126 e. The third-order valence-electron chi connectivity index (χ3n) is 4.96. The number of pyridine rings is 1. The number of anilines is 1. The van der Waals surface area contributed by atoms with Crippen molar-refractivity contribution < 1.29 is 4.74 Å². The Morgan fingerprint density at radius 1 is 1.10 bits per heavy atom. The van der Waals surface area contributed by atoms with Gasteiger partial charge in [-0.05, 0) is 43.9 Å². The van der Waals surface area contributed by atoms with Gasteiger partial charge in [0.25, 0.3) is 0 Å². The van der Waals surface area contributed by atoms with Gasteiger partial charge in [-0.15, -0.1) is 0 Å². The number of nitrogens with zero attached hydrogens (tertiary/aromatic N) is 1. The Labute approximate surface area is 125 Å². The van der Waals surface area contributed by atoms with Crippen LogP contribution in [0.25, 0.3) is 10.9 Å². The van der Waals surface area contributed by atoms with Crippen LogP contribution in [0.4, 0.5) is 5.82 Å². The Bertz CT molecular complexity index is 634. The Morgan fingerprint density at radius 2 is 1.95 bits per heavy atom. The lowest BCUT2D eigenvalue weighted by molar-refractivity contribution is -0.0767. The molecule has 3 heteroatoms. The van der Waals surface area contributed by atoms with E-state index in [2.05, 4.69) is 35.6 Å². The highest BCUT2D eigenvalue weighted by Crippen LogP contribution is 2.40. The van der Waals surface area contributed by atoms with E-state index in [4.69, 9.17) is 9.72 Å². The molecule has 1 spiro atoms. The summed E-state index contributed by atoms with van der Waals surface area (Å²) in [5.74, 6) is 0.994. The maximum atomic E-state index is 6.10. The van der Waals surface area contributed by atoms with E-state index < -0.39 is 0 Å². The van der Waals surface area contributed by atoms with Gasteiger partial charge in [0.2, 0.25) is 0 Å². The summed E-state index contributed by atoms with van der Waals surface area (Å²) in [6.07, 6.45) is 7.31. The lowest BCUT2D eigenvalue weighted by Gasteiger charge is -2.38. The van der Waals surface area contributed by atoms with Gasteiger partial charge in [-0.25, -0.2) is 4.98 Å². The van der Waals surface area contributed by atoms with Gasteiger partial charge in [-0.2, -0.15) is 0 Å². The molecule has 2 aromatic rings. The molecule has 2 heterocycles. The summed E-state index contributed by atoms with van der Waals surface area (Å²) in [4.78, 5) is 4.73. The number of rotatable bonds is 2. The van der Waals surface area contributed by atoms with Crippen LogP contribution >= 0.6 is 0 Å². The quantitative estimate of drug-likeness (QED) is 0.899. The topological polar surface area (TPSA) is 34.2 Å². The zero-order chi connectivity index (χ0) is 14.1. The molecular formula is C18H22N2O. The van der Waals surface area contributed by atoms with Crippen LogP contribution in [-0.4, -0.2) is 23.2 Å². The standard InChI is InChI=1S/C18H22N2O/c1-2-6-16-14(5-1)7-8-17(20-16)19-15-9-12-21-18(13-15)10-3-4-11-18/h1-2,5-8,15H,3-4,9-13H2,(H,19,20). The van der Waals surface area contributed by atoms with Crippen LogP contribution in [0.3, 0.4) is 0 Å². The van der Waals surface area contributed by atoms with Gasteiger partial charge >= 0.3 is 0 Å². The van der Waals surface area contributed by atoms with Crippen molar-refractivity contribution in [3.05, 3.63) is 36.4 Å². The van der Waals surface area contributed by atoms with Crippen molar-refractivity contribution >= 4 is 16.7 Å². The first kappa shape index (κ1) is 13.1. The van der Waals surface area contributed by atoms with Gasteiger partial charge in [0, 0.05) is 18.0 Å². The minimum atomic E-state index is 0.159. The summed E-state index contributed by atoms with van der Waals surface area (Å²) in [6, 6.07) is 13.0. The first-order valence-corrected chi connectivity index (χ1v) is 8.09. The predicted octanol–water partition coefficient (Wildman–Crippen LogP) is 4.14. The second kappa shape index (κ2) is 5.30. The largest absolute Gasteiger partial charge is 0.375 e. The monoisotopic (exact) mass is 282 g/mol. The Balaban J connectivity index is 1.51. The smallest absolute Gasteiger partial charge is 0.126 e. The first-order valence-electron chi connectivity index (χ1n) is 8.09. The third-order valence-corrected chi connectivity index (χ3v) is 4.96. The number of para-hydroxylation sites is 1. The lowest BCUT2D eigenvalue weighted by Crippen LogP contribution is -2.42. The van der Waals surface area contributed by atoms with E-state index >= 15 is 0 Å². The molecule has 1 aromatic heterocycles. The molecule has 0 bridgehead atoms. The van der Waals surface area contributed by atoms with Crippen molar-refractivity contribution in [3.8, 4) is 0 Å². The highest BCUT2D eigenvalue weighted by Gasteiger charge is 2.39. The molecule has 1 saturated heterocycles. The molecule has 1 N–H and O–H groups in total. The molecule has 1 aliphatic heterocycles. The van der Waals surface area contributed by atoms with Crippen molar-refractivity contribution in [2.24, 2.45) is 0 Å². The van der Waals surface area contributed by atoms with Gasteiger partial charge in [0.15, 0.2) is 0 Å². The van der Waals surface area contributed by atoms with E-state index in [0.717, 1.165) is 30.8 Å². The molecule has 1 saturated carbocycles. The molecular weight excluding hydrogens is 260 g/mol. The van der Waals surface area contributed by atoms with E-state index in [1.807, 2.05) is 6.07 Å². The Kier molecular flexibility index (Phi) is 3.30. The summed E-state index contributed by atoms with van der Waals surface area (Å²) in [7, 11) is 0. The second-order valence-electron chi connectivity index (χ2n) is 6.46. The molecule has 0 amide bonds. The molecule has 1 unspecified atom stereocenters. The van der Waals surface area contributed by atoms with Crippen LogP contribution in [0.15, 0.2) is 36.4 Å². The van der Waals surface area contributed by atoms with Crippen molar-refractivity contribution in [3.63, 3.8) is 0 Å². The first-order chi connectivity index (χ1) is 10.3. The number of ether oxygens (including phenoxy) is 1. The van der Waals surface area contributed by atoms with Gasteiger partial charge in [0.05, 0.1) is 11.1 Å². The zero-order valence-corrected chi connectivity index (χ0v) is 12.3. The number of nitrogens with one attached hydrogen (secondary N) is 1. The fraction of sp³-hybridized carbons (Fsp3) is 0.500. The van der Waals surface area contributed by atoms with E-state index in [1.165, 1.54) is 31.1 Å². The summed E-state index contributed by atoms with van der Waals surface area (Å²) in [5, 5.41) is 4.83. The van der Waals surface area contributed by atoms with Crippen molar-refractivity contribution in [2.45, 2.75) is 50.2 Å². The molecule has 3 nitrogen and oxygen atoms in total. The van der Waals surface area contributed by atoms with Crippen LogP contribution in [0.2, 0.25) is 0 Å². The molecule has 2 aliphatic rings. The average molecular weight is 282 g/mol. The zero-order valence-electron chi connectivity index (χ0n) is 12.3. The molecule has 0 radical (unpaired) electrons. The van der Waals surface area contributed by atoms with Crippen LogP contribution in [0.5, 0.6) is 0 Å². The molecule has 21 heavy (non-hydrogen) atoms. The summed E-state index contributed by atoms with van der Waals surface area (Å²) in [5.41, 5.74) is 1.22. The third kappa shape index (κ3) is 2.62. The highest BCUT2D eigenvalue weighted by atomic mass is 16.5. The van der Waals surface area contributed by atoms with Gasteiger partial charge in [0.1, 0.15) is 5.82 Å². The molecule has 4 rings (SSSR count). The number of fused-ring (bicyclic) bond motifs is 1. The van der Waals surface area contributed by atoms with Crippen LogP contribution in [0, 0.1) is 0 Å². The Hall–Kier alpha value is -1.61. The SMILES string of the molecule is c1ccc2nc(NC3CCOC4(CCCC4)C3)ccc2c1. The fourth-order valence-corrected chi connectivity index (χ4v) is 3.87. The van der Waals surface area contributed by atoms with E-state index in [-0.39, 0.29) is 5.60 Å². The normalized spacial score (nSPS) is 24.5. The second-order valence-corrected chi connectivity index (χ2v) is 6.46. The average Bonchev–Trinajstić information content (AvgIpc) is 2.95. The van der Waals surface area contributed by atoms with Gasteiger partial charge in [-0.1, -0.05) is 31.0 Å². The summed E-state index contributed by atoms with van der Waals surface area (Å²) in [6.45, 7) is 0.880. The van der Waals surface area contributed by atoms with E-state index in [0.29, 0.717) is 6.04 Å². The summed E-state index contributed by atoms with van der Waals surface area (Å²) >= 11 is 0. The highest BCUT2D eigenvalue weighted by molar-refractivity contribution is 5.80. The number of benzene rings is 1. The minimum absolute atomic E-state index is 0.159. The number of hydrogen-bond donors (Lipinski definition) is 1. The van der Waals surface area contributed by atoms with Crippen molar-refractivity contribution in [1.82, 2.24) is 4.98 Å². The van der Waals surface area contributed by atoms with Gasteiger partial charge in [-0.3, -0.25) is 0 Å². The Morgan fingerprint density at radius 3 is 2.86 bits per heavy atom. The van der Waals surface area contributed by atoms with Crippen molar-refractivity contribution in [2.75, 3.05) is 11.9 Å². The number of aromatic nitrogens is 1. The summed E-state index contributed by atoms with van der Waals surface area (Å²) < 4.78 is 6.10. The lowest BCUT2D eigenvalue weighted by atomic mass is 9.89. The van der Waals surface area contributed by atoms with Crippen LogP contribution < -0.4 is 5.32 Å². The van der Waals surface area contributed by atoms with Crippen LogP contribution in [0.1, 0.15) is 38.5 Å². The van der Waals surface area contributed by atoms with Gasteiger partial charge < -0.3 is 10.1 Å². The maximum absolute atomic E-state index is 6.10. The number of hydrogen-bond acceptors (Lipinski definition) is 3. The van der Waals surface area contributed by atoms with E-state index in [1.54, 1.807) is 0 Å². The molecule has 1 atom stereocenters. The molecule has 1 aliphatic carbocycles. The predicted molar refractivity (Wildman–Crippen MR) is 85.5 cm³/mol. The van der Waals surface area contributed by atoms with E-state index in [9.17, 15) is 0 Å². The van der Waals surface area contributed by atoms with Crippen LogP contribution in [-0.2, 0) is 4.74 Å².